The van der Waals surface area contributed by atoms with Crippen molar-refractivity contribution >= 4 is 11.9 Å². The van der Waals surface area contributed by atoms with Crippen LogP contribution in [0.4, 0.5) is 5.95 Å². The molecule has 3 atom stereocenters. The van der Waals surface area contributed by atoms with Gasteiger partial charge >= 0.3 is 0 Å². The average Bonchev–Trinajstić information content (AvgIpc) is 3.09. The number of aliphatic hydroxyl groups excluding tert-OH is 1. The first-order valence-electron chi connectivity index (χ1n) is 8.98. The van der Waals surface area contributed by atoms with E-state index in [4.69, 9.17) is 5.73 Å². The Labute approximate surface area is 154 Å². The van der Waals surface area contributed by atoms with Crippen LogP contribution in [0.1, 0.15) is 45.7 Å². The molecule has 1 amide bonds. The largest absolute Gasteiger partial charge is 0.391 e. The molecule has 4 N–H and O–H groups in total. The van der Waals surface area contributed by atoms with Crippen LogP contribution >= 0.6 is 0 Å². The van der Waals surface area contributed by atoms with Crippen molar-refractivity contribution in [3.63, 3.8) is 0 Å². The van der Waals surface area contributed by atoms with Crippen LogP contribution in [0.2, 0.25) is 0 Å². The normalized spacial score (nSPS) is 16.1. The van der Waals surface area contributed by atoms with Crippen LogP contribution in [0.5, 0.6) is 0 Å². The van der Waals surface area contributed by atoms with Crippen molar-refractivity contribution in [2.24, 2.45) is 11.1 Å². The van der Waals surface area contributed by atoms with Crippen molar-refractivity contribution < 1.29 is 9.90 Å². The van der Waals surface area contributed by atoms with E-state index in [9.17, 15) is 9.90 Å². The minimum absolute atomic E-state index is 0.146. The van der Waals surface area contributed by atoms with Crippen LogP contribution in [0.15, 0.2) is 36.7 Å². The molecule has 7 heteroatoms. The lowest BCUT2D eigenvalue weighted by molar-refractivity contribution is -0.127. The average molecular weight is 359 g/mol. The van der Waals surface area contributed by atoms with Gasteiger partial charge in [0.15, 0.2) is 0 Å². The second kappa shape index (κ2) is 8.42. The number of carbonyl (C=O) groups excluding carboxylic acids is 1. The molecule has 26 heavy (non-hydrogen) atoms. The lowest BCUT2D eigenvalue weighted by atomic mass is 9.74. The second-order valence-electron chi connectivity index (χ2n) is 7.18. The molecular weight excluding hydrogens is 330 g/mol. The molecule has 0 aliphatic rings. The summed E-state index contributed by atoms with van der Waals surface area (Å²) >= 11 is 0. The van der Waals surface area contributed by atoms with E-state index in [1.165, 1.54) is 0 Å². The van der Waals surface area contributed by atoms with Gasteiger partial charge in [-0.15, -0.1) is 5.10 Å². The predicted octanol–water partition coefficient (Wildman–Crippen LogP) is 2.14. The number of rotatable bonds is 8. The van der Waals surface area contributed by atoms with Gasteiger partial charge in [-0.05, 0) is 39.2 Å². The van der Waals surface area contributed by atoms with Gasteiger partial charge in [-0.25, -0.2) is 9.67 Å². The van der Waals surface area contributed by atoms with Gasteiger partial charge in [-0.1, -0.05) is 37.3 Å². The van der Waals surface area contributed by atoms with Gasteiger partial charge in [0.2, 0.25) is 11.9 Å². The number of carbonyl (C=O) groups is 1. The highest BCUT2D eigenvalue weighted by Crippen LogP contribution is 2.30. The molecule has 1 heterocycles. The van der Waals surface area contributed by atoms with E-state index >= 15 is 0 Å². The van der Waals surface area contributed by atoms with Crippen LogP contribution in [0.3, 0.4) is 0 Å². The third kappa shape index (κ3) is 4.47. The molecule has 0 saturated carbocycles. The summed E-state index contributed by atoms with van der Waals surface area (Å²) in [6.45, 7) is 7.58. The maximum absolute atomic E-state index is 13.1. The topological polar surface area (TPSA) is 106 Å². The Bertz CT molecular complexity index is 716. The second-order valence-corrected chi connectivity index (χ2v) is 7.18. The molecule has 2 aromatic rings. The molecule has 0 aliphatic heterocycles. The number of anilines is 1. The highest BCUT2D eigenvalue weighted by molar-refractivity contribution is 5.94. The van der Waals surface area contributed by atoms with E-state index in [2.05, 4.69) is 15.4 Å². The predicted molar refractivity (Wildman–Crippen MR) is 102 cm³/mol. The first-order valence-corrected chi connectivity index (χ1v) is 8.98. The molecule has 0 fully saturated rings. The van der Waals surface area contributed by atoms with E-state index in [0.717, 1.165) is 5.56 Å². The maximum atomic E-state index is 13.1. The number of hydrogen-bond donors (Lipinski definition) is 3. The van der Waals surface area contributed by atoms with Gasteiger partial charge in [0.25, 0.3) is 0 Å². The van der Waals surface area contributed by atoms with Gasteiger partial charge in [0, 0.05) is 12.1 Å². The Morgan fingerprint density at radius 1 is 1.35 bits per heavy atom. The van der Waals surface area contributed by atoms with Gasteiger partial charge in [0.05, 0.1) is 11.5 Å². The highest BCUT2D eigenvalue weighted by atomic mass is 16.3. The SMILES string of the molecule is CCC(O)C(N)C(C)(Cc1ccccc1)C(=O)Nc1ncn(C(C)C)n1. The first kappa shape index (κ1) is 20.1. The quantitative estimate of drug-likeness (QED) is 0.669. The van der Waals surface area contributed by atoms with E-state index in [-0.39, 0.29) is 17.9 Å². The molecule has 3 unspecified atom stereocenters. The van der Waals surface area contributed by atoms with Crippen molar-refractivity contribution in [1.82, 2.24) is 14.8 Å². The van der Waals surface area contributed by atoms with Crippen LogP contribution in [-0.4, -0.2) is 37.9 Å². The Morgan fingerprint density at radius 2 is 2.00 bits per heavy atom. The summed E-state index contributed by atoms with van der Waals surface area (Å²) in [5, 5.41) is 17.3. The smallest absolute Gasteiger partial charge is 0.248 e. The van der Waals surface area contributed by atoms with Crippen LogP contribution < -0.4 is 11.1 Å². The lowest BCUT2D eigenvalue weighted by Gasteiger charge is -2.36. The van der Waals surface area contributed by atoms with Crippen molar-refractivity contribution in [2.75, 3.05) is 5.32 Å². The Morgan fingerprint density at radius 3 is 2.54 bits per heavy atom. The number of aromatic nitrogens is 3. The third-order valence-electron chi connectivity index (χ3n) is 4.76. The molecule has 0 spiro atoms. The fourth-order valence-corrected chi connectivity index (χ4v) is 2.87. The van der Waals surface area contributed by atoms with Crippen LogP contribution in [0.25, 0.3) is 0 Å². The number of hydrogen-bond acceptors (Lipinski definition) is 5. The van der Waals surface area contributed by atoms with Crippen molar-refractivity contribution in [3.05, 3.63) is 42.2 Å². The lowest BCUT2D eigenvalue weighted by Crippen LogP contribution is -2.55. The Balaban J connectivity index is 2.27. The minimum Gasteiger partial charge on any atom is -0.391 e. The monoisotopic (exact) mass is 359 g/mol. The number of nitrogens with one attached hydrogen (secondary N) is 1. The molecule has 0 saturated heterocycles. The molecule has 142 valence electrons. The van der Waals surface area contributed by atoms with E-state index in [1.807, 2.05) is 51.1 Å². The zero-order valence-corrected chi connectivity index (χ0v) is 15.9. The maximum Gasteiger partial charge on any atom is 0.248 e. The van der Waals surface area contributed by atoms with E-state index in [1.54, 1.807) is 17.9 Å². The molecule has 0 aliphatic carbocycles. The van der Waals surface area contributed by atoms with Gasteiger partial charge in [-0.2, -0.15) is 0 Å². The molecule has 1 aromatic carbocycles. The summed E-state index contributed by atoms with van der Waals surface area (Å²) in [6.07, 6.45) is 1.67. The molecule has 7 nitrogen and oxygen atoms in total. The zero-order valence-electron chi connectivity index (χ0n) is 15.9. The summed E-state index contributed by atoms with van der Waals surface area (Å²) in [5.41, 5.74) is 6.27. The number of benzene rings is 1. The van der Waals surface area contributed by atoms with Crippen molar-refractivity contribution in [1.29, 1.82) is 0 Å². The van der Waals surface area contributed by atoms with E-state index in [0.29, 0.717) is 12.8 Å². The molecule has 0 radical (unpaired) electrons. The number of aliphatic hydroxyl groups is 1. The molecule has 1 aromatic heterocycles. The standard InChI is InChI=1S/C19H29N5O2/c1-5-15(25)16(20)19(4,11-14-9-7-6-8-10-14)17(26)22-18-21-12-24(23-18)13(2)3/h6-10,12-13,15-16,25H,5,11,20H2,1-4H3,(H,22,23,26). The Hall–Kier alpha value is -2.25. The van der Waals surface area contributed by atoms with Crippen molar-refractivity contribution in [3.8, 4) is 0 Å². The van der Waals surface area contributed by atoms with Crippen LogP contribution in [-0.2, 0) is 11.2 Å². The molecule has 0 bridgehead atoms. The van der Waals surface area contributed by atoms with Crippen LogP contribution in [0, 0.1) is 5.41 Å². The molecule has 2 rings (SSSR count). The summed E-state index contributed by atoms with van der Waals surface area (Å²) in [6, 6.07) is 9.07. The Kier molecular flexibility index (Phi) is 6.50. The fourth-order valence-electron chi connectivity index (χ4n) is 2.87. The van der Waals surface area contributed by atoms with Crippen molar-refractivity contribution in [2.45, 2.75) is 58.7 Å². The summed E-state index contributed by atoms with van der Waals surface area (Å²) in [7, 11) is 0. The summed E-state index contributed by atoms with van der Waals surface area (Å²) < 4.78 is 1.67. The number of amides is 1. The molecular formula is C19H29N5O2. The highest BCUT2D eigenvalue weighted by Gasteiger charge is 2.42. The fraction of sp³-hybridized carbons (Fsp3) is 0.526. The summed E-state index contributed by atoms with van der Waals surface area (Å²) in [4.78, 5) is 17.2. The summed E-state index contributed by atoms with van der Waals surface area (Å²) in [5.74, 6) is -0.0657. The van der Waals surface area contributed by atoms with Gasteiger partial charge in [0.1, 0.15) is 6.33 Å². The van der Waals surface area contributed by atoms with Gasteiger partial charge < -0.3 is 10.8 Å². The first-order chi connectivity index (χ1) is 12.3. The number of nitrogens with two attached hydrogens (primary N) is 1. The zero-order chi connectivity index (χ0) is 19.3. The van der Waals surface area contributed by atoms with Gasteiger partial charge in [-0.3, -0.25) is 10.1 Å². The van der Waals surface area contributed by atoms with E-state index < -0.39 is 17.6 Å². The third-order valence-corrected chi connectivity index (χ3v) is 4.76. The number of nitrogens with zero attached hydrogens (tertiary/aromatic N) is 3. The minimum atomic E-state index is -1.01.